The molecule has 1 spiro atoms. The SMILES string of the molecule is CSCC[C@H]1N[C@]2(C(=O)Nc3ccc(F)cc32)[C@H]2C(=O)N(C(C)(C)C)C(=O)[C@H]12. The Morgan fingerprint density at radius 3 is 2.57 bits per heavy atom. The number of rotatable bonds is 3. The smallest absolute Gasteiger partial charge is 0.250 e. The molecule has 3 heterocycles. The number of nitrogens with zero attached hydrogens (tertiary/aromatic N) is 1. The number of benzene rings is 1. The number of fused-ring (bicyclic) bond motifs is 4. The predicted molar refractivity (Wildman–Crippen MR) is 105 cm³/mol. The third kappa shape index (κ3) is 2.47. The van der Waals surface area contributed by atoms with E-state index < -0.39 is 34.6 Å². The molecule has 28 heavy (non-hydrogen) atoms. The summed E-state index contributed by atoms with van der Waals surface area (Å²) < 4.78 is 14.1. The molecule has 2 saturated heterocycles. The Morgan fingerprint density at radius 1 is 1.21 bits per heavy atom. The van der Waals surface area contributed by atoms with Crippen molar-refractivity contribution in [1.82, 2.24) is 10.2 Å². The predicted octanol–water partition coefficient (Wildman–Crippen LogP) is 2.10. The summed E-state index contributed by atoms with van der Waals surface area (Å²) in [5.41, 5.74) is -1.21. The van der Waals surface area contributed by atoms with Crippen LogP contribution in [0.1, 0.15) is 32.8 Å². The molecule has 3 amide bonds. The second-order valence-corrected chi connectivity index (χ2v) is 9.66. The lowest BCUT2D eigenvalue weighted by molar-refractivity contribution is -0.147. The molecule has 0 aliphatic carbocycles. The summed E-state index contributed by atoms with van der Waals surface area (Å²) >= 11 is 1.64. The number of halogens is 1. The van der Waals surface area contributed by atoms with Crippen LogP contribution in [0.15, 0.2) is 18.2 Å². The van der Waals surface area contributed by atoms with Crippen molar-refractivity contribution in [2.75, 3.05) is 17.3 Å². The Balaban J connectivity index is 1.89. The van der Waals surface area contributed by atoms with Gasteiger partial charge in [-0.2, -0.15) is 11.8 Å². The van der Waals surface area contributed by atoms with Crippen molar-refractivity contribution in [1.29, 1.82) is 0 Å². The number of amides is 3. The normalized spacial score (nSPS) is 31.5. The second kappa shape index (κ2) is 6.29. The van der Waals surface area contributed by atoms with Crippen LogP contribution >= 0.6 is 11.8 Å². The van der Waals surface area contributed by atoms with E-state index in [2.05, 4.69) is 10.6 Å². The molecule has 3 aliphatic rings. The van der Waals surface area contributed by atoms with Gasteiger partial charge in [0.15, 0.2) is 0 Å². The van der Waals surface area contributed by atoms with Gasteiger partial charge in [-0.15, -0.1) is 0 Å². The zero-order chi connectivity index (χ0) is 20.4. The van der Waals surface area contributed by atoms with Gasteiger partial charge in [-0.05, 0) is 57.4 Å². The zero-order valence-electron chi connectivity index (χ0n) is 16.3. The Bertz CT molecular complexity index is 884. The lowest BCUT2D eigenvalue weighted by Gasteiger charge is -2.34. The molecular weight excluding hydrogens is 381 g/mol. The first-order valence-electron chi connectivity index (χ1n) is 9.39. The maximum absolute atomic E-state index is 14.1. The molecule has 0 aromatic heterocycles. The minimum absolute atomic E-state index is 0.254. The van der Waals surface area contributed by atoms with E-state index in [0.717, 1.165) is 5.75 Å². The third-order valence-corrected chi connectivity index (χ3v) is 6.62. The largest absolute Gasteiger partial charge is 0.324 e. The molecule has 4 atom stereocenters. The molecule has 1 aromatic carbocycles. The number of hydrogen-bond donors (Lipinski definition) is 2. The lowest BCUT2D eigenvalue weighted by Crippen LogP contribution is -2.55. The summed E-state index contributed by atoms with van der Waals surface area (Å²) in [5, 5.41) is 6.09. The molecule has 8 heteroatoms. The molecule has 3 aliphatic heterocycles. The highest BCUT2D eigenvalue weighted by Gasteiger charge is 2.71. The topological polar surface area (TPSA) is 78.5 Å². The summed E-state index contributed by atoms with van der Waals surface area (Å²) in [7, 11) is 0. The summed E-state index contributed by atoms with van der Waals surface area (Å²) in [6.07, 6.45) is 2.61. The highest BCUT2D eigenvalue weighted by molar-refractivity contribution is 7.98. The van der Waals surface area contributed by atoms with E-state index in [9.17, 15) is 18.8 Å². The van der Waals surface area contributed by atoms with E-state index >= 15 is 0 Å². The molecule has 0 saturated carbocycles. The van der Waals surface area contributed by atoms with Gasteiger partial charge < -0.3 is 5.32 Å². The molecule has 2 fully saturated rings. The number of imide groups is 1. The summed E-state index contributed by atoms with van der Waals surface area (Å²) in [6.45, 7) is 5.43. The third-order valence-electron chi connectivity index (χ3n) is 5.98. The highest BCUT2D eigenvalue weighted by atomic mass is 32.2. The van der Waals surface area contributed by atoms with Gasteiger partial charge in [0.2, 0.25) is 17.7 Å². The van der Waals surface area contributed by atoms with E-state index in [1.165, 1.54) is 23.1 Å². The molecule has 6 nitrogen and oxygen atoms in total. The van der Waals surface area contributed by atoms with Crippen molar-refractivity contribution in [2.45, 2.75) is 44.3 Å². The van der Waals surface area contributed by atoms with Crippen molar-refractivity contribution in [3.8, 4) is 0 Å². The van der Waals surface area contributed by atoms with Crippen molar-refractivity contribution >= 4 is 35.2 Å². The lowest BCUT2D eigenvalue weighted by atomic mass is 9.76. The first-order valence-corrected chi connectivity index (χ1v) is 10.8. The number of anilines is 1. The van der Waals surface area contributed by atoms with Crippen molar-refractivity contribution in [3.63, 3.8) is 0 Å². The van der Waals surface area contributed by atoms with Crippen LogP contribution in [-0.2, 0) is 19.9 Å². The monoisotopic (exact) mass is 405 g/mol. The van der Waals surface area contributed by atoms with Gasteiger partial charge in [0.1, 0.15) is 11.4 Å². The maximum Gasteiger partial charge on any atom is 0.250 e. The van der Waals surface area contributed by atoms with Gasteiger partial charge in [-0.3, -0.25) is 24.6 Å². The molecule has 0 bridgehead atoms. The summed E-state index contributed by atoms with van der Waals surface area (Å²) in [5.74, 6) is -2.24. The Morgan fingerprint density at radius 2 is 1.93 bits per heavy atom. The van der Waals surface area contributed by atoms with E-state index in [1.807, 2.05) is 27.0 Å². The number of likely N-dealkylation sites (tertiary alicyclic amines) is 1. The standard InChI is InChI=1S/C20H24FN3O3S/c1-19(2,3)24-16(25)14-13(7-8-28-4)23-20(15(14)17(24)26)11-9-10(21)5-6-12(11)22-18(20)27/h5-6,9,13-15,23H,7-8H2,1-4H3,(H,22,27)/t13-,14-,15-,20+/m1/s1. The van der Waals surface area contributed by atoms with Crippen molar-refractivity contribution < 1.29 is 18.8 Å². The Kier molecular flexibility index (Phi) is 4.35. The quantitative estimate of drug-likeness (QED) is 0.753. The molecule has 0 unspecified atom stereocenters. The van der Waals surface area contributed by atoms with Crippen LogP contribution in [0.25, 0.3) is 0 Å². The molecule has 150 valence electrons. The highest BCUT2D eigenvalue weighted by Crippen LogP contribution is 2.54. The average molecular weight is 405 g/mol. The van der Waals surface area contributed by atoms with Crippen LogP contribution < -0.4 is 10.6 Å². The van der Waals surface area contributed by atoms with E-state index in [4.69, 9.17) is 0 Å². The molecule has 2 N–H and O–H groups in total. The van der Waals surface area contributed by atoms with Crippen LogP contribution in [0.5, 0.6) is 0 Å². The number of hydrogen-bond acceptors (Lipinski definition) is 5. The molecular formula is C20H24FN3O3S. The fraction of sp³-hybridized carbons (Fsp3) is 0.550. The van der Waals surface area contributed by atoms with Gasteiger partial charge in [-0.25, -0.2) is 4.39 Å². The number of carbonyl (C=O) groups is 3. The summed E-state index contributed by atoms with van der Waals surface area (Å²) in [4.78, 5) is 41.2. The van der Waals surface area contributed by atoms with Crippen LogP contribution in [-0.4, -0.2) is 46.2 Å². The van der Waals surface area contributed by atoms with Gasteiger partial charge in [-0.1, -0.05) is 0 Å². The van der Waals surface area contributed by atoms with Crippen molar-refractivity contribution in [3.05, 3.63) is 29.6 Å². The zero-order valence-corrected chi connectivity index (χ0v) is 17.2. The van der Waals surface area contributed by atoms with Crippen molar-refractivity contribution in [2.24, 2.45) is 11.8 Å². The fourth-order valence-electron chi connectivity index (χ4n) is 4.93. The van der Waals surface area contributed by atoms with Crippen LogP contribution in [0, 0.1) is 17.7 Å². The first kappa shape index (κ1) is 19.4. The van der Waals surface area contributed by atoms with Gasteiger partial charge in [0.25, 0.3) is 0 Å². The maximum atomic E-state index is 14.1. The second-order valence-electron chi connectivity index (χ2n) is 8.67. The fourth-order valence-corrected chi connectivity index (χ4v) is 5.42. The first-order chi connectivity index (χ1) is 13.1. The van der Waals surface area contributed by atoms with Crippen LogP contribution in [0.4, 0.5) is 10.1 Å². The average Bonchev–Trinajstić information content (AvgIpc) is 3.18. The van der Waals surface area contributed by atoms with E-state index in [1.54, 1.807) is 11.8 Å². The van der Waals surface area contributed by atoms with E-state index in [0.29, 0.717) is 17.7 Å². The van der Waals surface area contributed by atoms with E-state index in [-0.39, 0.29) is 17.9 Å². The Labute approximate surface area is 167 Å². The molecule has 4 rings (SSSR count). The van der Waals surface area contributed by atoms with Gasteiger partial charge in [0, 0.05) is 22.8 Å². The van der Waals surface area contributed by atoms with Crippen LogP contribution in [0.3, 0.4) is 0 Å². The minimum atomic E-state index is -1.42. The molecule has 0 radical (unpaired) electrons. The van der Waals surface area contributed by atoms with Gasteiger partial charge >= 0.3 is 0 Å². The van der Waals surface area contributed by atoms with Gasteiger partial charge in [0.05, 0.1) is 11.8 Å². The number of thioether (sulfide) groups is 1. The molecule has 1 aromatic rings. The van der Waals surface area contributed by atoms with Crippen LogP contribution in [0.2, 0.25) is 0 Å². The number of carbonyl (C=O) groups excluding carboxylic acids is 3. The minimum Gasteiger partial charge on any atom is -0.324 e. The summed E-state index contributed by atoms with van der Waals surface area (Å²) in [6, 6.07) is 3.75. The number of nitrogens with one attached hydrogen (secondary N) is 2. The Hall–Kier alpha value is -1.93.